The average Bonchev–Trinajstić information content (AvgIpc) is 2.46. The SMILES string of the molecule is CC1CN(CC2(NC(=O)OC(C)C)CCN(C(C)S)CC2)CCN1. The van der Waals surface area contributed by atoms with Gasteiger partial charge in [-0.1, -0.05) is 0 Å². The third-order valence-electron chi connectivity index (χ3n) is 4.97. The zero-order chi connectivity index (χ0) is 17.7. The molecule has 2 aliphatic heterocycles. The first-order valence-corrected chi connectivity index (χ1v) is 9.68. The summed E-state index contributed by atoms with van der Waals surface area (Å²) < 4.78 is 5.35. The van der Waals surface area contributed by atoms with E-state index in [1.165, 1.54) is 0 Å². The number of hydrogen-bond donors (Lipinski definition) is 3. The Morgan fingerprint density at radius 3 is 2.54 bits per heavy atom. The van der Waals surface area contributed by atoms with E-state index in [0.717, 1.165) is 52.1 Å². The molecule has 0 saturated carbocycles. The second kappa shape index (κ2) is 8.74. The highest BCUT2D eigenvalue weighted by Gasteiger charge is 2.39. The summed E-state index contributed by atoms with van der Waals surface area (Å²) in [5, 5.41) is 6.94. The first kappa shape index (κ1) is 19.8. The summed E-state index contributed by atoms with van der Waals surface area (Å²) in [7, 11) is 0. The Bertz CT molecular complexity index is 411. The van der Waals surface area contributed by atoms with Crippen LogP contribution in [0.3, 0.4) is 0 Å². The average molecular weight is 359 g/mol. The second-order valence-corrected chi connectivity index (χ2v) is 8.36. The van der Waals surface area contributed by atoms with E-state index in [1.807, 2.05) is 13.8 Å². The van der Waals surface area contributed by atoms with Gasteiger partial charge in [0.05, 0.1) is 11.6 Å². The second-order valence-electron chi connectivity index (χ2n) is 7.62. The molecule has 2 fully saturated rings. The van der Waals surface area contributed by atoms with Crippen LogP contribution >= 0.6 is 12.6 Å². The van der Waals surface area contributed by atoms with Gasteiger partial charge in [-0.2, -0.15) is 12.6 Å². The van der Waals surface area contributed by atoms with Gasteiger partial charge in [-0.25, -0.2) is 4.79 Å². The number of nitrogens with zero attached hydrogens (tertiary/aromatic N) is 2. The third kappa shape index (κ3) is 5.79. The molecular formula is C17H34N4O2S. The quantitative estimate of drug-likeness (QED) is 0.651. The highest BCUT2D eigenvalue weighted by Crippen LogP contribution is 2.26. The van der Waals surface area contributed by atoms with Crippen LogP contribution in [0.25, 0.3) is 0 Å². The maximum atomic E-state index is 12.3. The molecule has 0 aromatic carbocycles. The largest absolute Gasteiger partial charge is 0.447 e. The lowest BCUT2D eigenvalue weighted by Gasteiger charge is -2.46. The molecule has 0 bridgehead atoms. The molecule has 6 nitrogen and oxygen atoms in total. The first-order valence-electron chi connectivity index (χ1n) is 9.16. The molecule has 0 aliphatic carbocycles. The number of piperazine rings is 1. The minimum absolute atomic E-state index is 0.0983. The fourth-order valence-corrected chi connectivity index (χ4v) is 3.92. The van der Waals surface area contributed by atoms with Crippen LogP contribution in [0.1, 0.15) is 40.5 Å². The van der Waals surface area contributed by atoms with E-state index >= 15 is 0 Å². The van der Waals surface area contributed by atoms with Crippen LogP contribution in [0.4, 0.5) is 4.79 Å². The van der Waals surface area contributed by atoms with Gasteiger partial charge in [0.2, 0.25) is 0 Å². The molecule has 2 heterocycles. The molecule has 140 valence electrons. The Labute approximate surface area is 152 Å². The van der Waals surface area contributed by atoms with Crippen LogP contribution in [-0.4, -0.2) is 78.2 Å². The van der Waals surface area contributed by atoms with Gasteiger partial charge < -0.3 is 15.4 Å². The van der Waals surface area contributed by atoms with Crippen molar-refractivity contribution in [1.29, 1.82) is 0 Å². The van der Waals surface area contributed by atoms with Crippen molar-refractivity contribution in [2.24, 2.45) is 0 Å². The van der Waals surface area contributed by atoms with Crippen molar-refractivity contribution in [3.63, 3.8) is 0 Å². The molecular weight excluding hydrogens is 324 g/mol. The number of likely N-dealkylation sites (tertiary alicyclic amines) is 1. The topological polar surface area (TPSA) is 56.8 Å². The molecule has 2 N–H and O–H groups in total. The molecule has 2 rings (SSSR count). The summed E-state index contributed by atoms with van der Waals surface area (Å²) in [5.41, 5.74) is -0.206. The normalized spacial score (nSPS) is 27.0. The number of alkyl carbamates (subject to hydrolysis) is 1. The number of ether oxygens (including phenoxy) is 1. The fourth-order valence-electron chi connectivity index (χ4n) is 3.69. The predicted octanol–water partition coefficient (Wildman–Crippen LogP) is 1.53. The number of piperidine rings is 1. The molecule has 2 aliphatic rings. The summed E-state index contributed by atoms with van der Waals surface area (Å²) in [6.07, 6.45) is 1.48. The highest BCUT2D eigenvalue weighted by atomic mass is 32.1. The summed E-state index contributed by atoms with van der Waals surface area (Å²) in [4.78, 5) is 17.1. The van der Waals surface area contributed by atoms with Crippen LogP contribution in [0.5, 0.6) is 0 Å². The molecule has 2 saturated heterocycles. The minimum Gasteiger partial charge on any atom is -0.447 e. The maximum absolute atomic E-state index is 12.3. The van der Waals surface area contributed by atoms with E-state index in [0.29, 0.717) is 6.04 Å². The molecule has 2 atom stereocenters. The molecule has 1 amide bonds. The summed E-state index contributed by atoms with van der Waals surface area (Å²) in [5.74, 6) is 0. The standard InChI is InChI=1S/C17H34N4O2S/c1-13(2)23-16(22)19-17(5-8-21(9-6-17)15(4)24)12-20-10-7-18-14(3)11-20/h13-15,18,24H,5-12H2,1-4H3,(H,19,22). The molecule has 0 spiro atoms. The predicted molar refractivity (Wildman–Crippen MR) is 101 cm³/mol. The molecule has 0 aromatic heterocycles. The first-order chi connectivity index (χ1) is 11.3. The Hall–Kier alpha value is -0.500. The molecule has 7 heteroatoms. The summed E-state index contributed by atoms with van der Waals surface area (Å²) in [6, 6.07) is 0.496. The van der Waals surface area contributed by atoms with Gasteiger partial charge in [0.1, 0.15) is 0 Å². The zero-order valence-electron chi connectivity index (χ0n) is 15.5. The van der Waals surface area contributed by atoms with Crippen LogP contribution in [0.15, 0.2) is 0 Å². The Balaban J connectivity index is 2.02. The lowest BCUT2D eigenvalue weighted by molar-refractivity contribution is 0.0604. The van der Waals surface area contributed by atoms with E-state index in [9.17, 15) is 4.79 Å². The fraction of sp³-hybridized carbons (Fsp3) is 0.941. The van der Waals surface area contributed by atoms with Crippen LogP contribution in [-0.2, 0) is 4.74 Å². The lowest BCUT2D eigenvalue weighted by Crippen LogP contribution is -2.63. The molecule has 0 aromatic rings. The van der Waals surface area contributed by atoms with E-state index in [-0.39, 0.29) is 23.1 Å². The number of hydrogen-bond acceptors (Lipinski definition) is 6. The summed E-state index contributed by atoms with van der Waals surface area (Å²) in [6.45, 7) is 13.9. The molecule has 0 radical (unpaired) electrons. The number of nitrogens with one attached hydrogen (secondary N) is 2. The van der Waals surface area contributed by atoms with Gasteiger partial charge in [-0.05, 0) is 40.5 Å². The van der Waals surface area contributed by atoms with Crippen molar-refractivity contribution in [3.8, 4) is 0 Å². The third-order valence-corrected chi connectivity index (χ3v) is 5.30. The molecule has 24 heavy (non-hydrogen) atoms. The van der Waals surface area contributed by atoms with Gasteiger partial charge in [-0.3, -0.25) is 9.80 Å². The monoisotopic (exact) mass is 358 g/mol. The van der Waals surface area contributed by atoms with Crippen molar-refractivity contribution in [3.05, 3.63) is 0 Å². The molecule has 2 unspecified atom stereocenters. The number of rotatable bonds is 5. The number of thiol groups is 1. The van der Waals surface area contributed by atoms with E-state index in [2.05, 4.69) is 46.9 Å². The van der Waals surface area contributed by atoms with Crippen LogP contribution in [0, 0.1) is 0 Å². The minimum atomic E-state index is -0.291. The Morgan fingerprint density at radius 2 is 2.00 bits per heavy atom. The van der Waals surface area contributed by atoms with Crippen LogP contribution in [0.2, 0.25) is 0 Å². The van der Waals surface area contributed by atoms with E-state index in [4.69, 9.17) is 4.74 Å². The Morgan fingerprint density at radius 1 is 1.33 bits per heavy atom. The van der Waals surface area contributed by atoms with E-state index in [1.54, 1.807) is 0 Å². The van der Waals surface area contributed by atoms with Crippen molar-refractivity contribution in [2.45, 2.75) is 63.6 Å². The van der Waals surface area contributed by atoms with Crippen molar-refractivity contribution < 1.29 is 9.53 Å². The highest BCUT2D eigenvalue weighted by molar-refractivity contribution is 7.80. The van der Waals surface area contributed by atoms with Gasteiger partial charge in [0.15, 0.2) is 0 Å². The van der Waals surface area contributed by atoms with Gasteiger partial charge in [-0.15, -0.1) is 0 Å². The van der Waals surface area contributed by atoms with Gasteiger partial charge in [0.25, 0.3) is 0 Å². The zero-order valence-corrected chi connectivity index (χ0v) is 16.4. The van der Waals surface area contributed by atoms with Crippen molar-refractivity contribution in [2.75, 3.05) is 39.3 Å². The Kier molecular flexibility index (Phi) is 7.22. The van der Waals surface area contributed by atoms with Gasteiger partial charge in [0, 0.05) is 50.7 Å². The van der Waals surface area contributed by atoms with Crippen LogP contribution < -0.4 is 10.6 Å². The smallest absolute Gasteiger partial charge is 0.407 e. The maximum Gasteiger partial charge on any atom is 0.407 e. The van der Waals surface area contributed by atoms with Crippen molar-refractivity contribution >= 4 is 18.7 Å². The van der Waals surface area contributed by atoms with Crippen molar-refractivity contribution in [1.82, 2.24) is 20.4 Å². The van der Waals surface area contributed by atoms with E-state index < -0.39 is 0 Å². The lowest BCUT2D eigenvalue weighted by atomic mass is 9.86. The number of amides is 1. The number of carbonyl (C=O) groups excluding carboxylic acids is 1. The number of carbonyl (C=O) groups is 1. The summed E-state index contributed by atoms with van der Waals surface area (Å²) >= 11 is 4.55. The van der Waals surface area contributed by atoms with Gasteiger partial charge >= 0.3 is 6.09 Å².